The van der Waals surface area contributed by atoms with Crippen molar-refractivity contribution in [2.45, 2.75) is 33.3 Å². The number of amides is 1. The van der Waals surface area contributed by atoms with Crippen molar-refractivity contribution < 1.29 is 33.0 Å². The molecule has 0 aromatic heterocycles. The molecule has 2 aromatic carbocycles. The molecule has 0 saturated heterocycles. The van der Waals surface area contributed by atoms with Crippen LogP contribution in [0.15, 0.2) is 36.4 Å². The number of hydroxylamine groups is 1. The zero-order valence-electron chi connectivity index (χ0n) is 15.9. The molecule has 0 fully saturated rings. The molecule has 8 heteroatoms. The van der Waals surface area contributed by atoms with E-state index >= 15 is 0 Å². The minimum atomic E-state index is -2.70. The van der Waals surface area contributed by atoms with Crippen LogP contribution < -0.4 is 14.5 Å². The third-order valence-electron chi connectivity index (χ3n) is 4.07. The van der Waals surface area contributed by atoms with Crippen LogP contribution in [-0.4, -0.2) is 25.0 Å². The second-order valence-corrected chi connectivity index (χ2v) is 5.78. The van der Waals surface area contributed by atoms with Gasteiger partial charge in [-0.1, -0.05) is 19.1 Å². The van der Waals surface area contributed by atoms with Gasteiger partial charge in [0.25, 0.3) is 6.43 Å². The summed E-state index contributed by atoms with van der Waals surface area (Å²) in [6.07, 6.45) is -3.08. The lowest BCUT2D eigenvalue weighted by atomic mass is 10.1. The monoisotopic (exact) mass is 395 g/mol. The Morgan fingerprint density at radius 3 is 2.50 bits per heavy atom. The number of hydrogen-bond donors (Lipinski definition) is 1. The Morgan fingerprint density at radius 2 is 1.89 bits per heavy atom. The fraction of sp³-hybridized carbons (Fsp3) is 0.350. The Kier molecular flexibility index (Phi) is 7.57. The number of ether oxygens (including phenoxy) is 3. The van der Waals surface area contributed by atoms with Gasteiger partial charge in [0.15, 0.2) is 0 Å². The van der Waals surface area contributed by atoms with Crippen LogP contribution in [0.4, 0.5) is 19.3 Å². The summed E-state index contributed by atoms with van der Waals surface area (Å²) in [5.41, 5.74) is 0.938. The molecule has 2 aromatic rings. The molecule has 152 valence electrons. The van der Waals surface area contributed by atoms with Gasteiger partial charge >= 0.3 is 6.09 Å². The van der Waals surface area contributed by atoms with Crippen molar-refractivity contribution in [2.24, 2.45) is 0 Å². The maximum atomic E-state index is 13.4. The highest BCUT2D eigenvalue weighted by Crippen LogP contribution is 2.34. The summed E-state index contributed by atoms with van der Waals surface area (Å²) in [6, 6.07) is 9.28. The fourth-order valence-electron chi connectivity index (χ4n) is 2.64. The highest BCUT2D eigenvalue weighted by Gasteiger charge is 2.22. The summed E-state index contributed by atoms with van der Waals surface area (Å²) >= 11 is 0. The van der Waals surface area contributed by atoms with Crippen molar-refractivity contribution >= 4 is 11.8 Å². The summed E-state index contributed by atoms with van der Waals surface area (Å²) in [6.45, 7) is 3.77. The Bertz CT molecular complexity index is 813. The first-order valence-corrected chi connectivity index (χ1v) is 8.78. The summed E-state index contributed by atoms with van der Waals surface area (Å²) in [5.74, 6) is 0.374. The van der Waals surface area contributed by atoms with Crippen LogP contribution in [0.1, 0.15) is 37.0 Å². The summed E-state index contributed by atoms with van der Waals surface area (Å²) < 4.78 is 42.5. The number of anilines is 1. The van der Waals surface area contributed by atoms with E-state index in [2.05, 4.69) is 4.74 Å². The summed E-state index contributed by atoms with van der Waals surface area (Å²) in [4.78, 5) is 11.7. The zero-order valence-corrected chi connectivity index (χ0v) is 15.9. The number of halogens is 2. The number of aryl methyl sites for hydroxylation is 1. The van der Waals surface area contributed by atoms with Gasteiger partial charge in [0, 0.05) is 0 Å². The lowest BCUT2D eigenvalue weighted by molar-refractivity contribution is 0.139. The van der Waals surface area contributed by atoms with E-state index in [1.165, 1.54) is 18.2 Å². The van der Waals surface area contributed by atoms with Gasteiger partial charge in [-0.25, -0.2) is 13.6 Å². The quantitative estimate of drug-likeness (QED) is 0.496. The van der Waals surface area contributed by atoms with Crippen molar-refractivity contribution in [2.75, 3.05) is 18.8 Å². The molecule has 0 spiro atoms. The number of nitrogens with zero attached hydrogens (tertiary/aromatic N) is 1. The number of carbonyl (C=O) groups excluding carboxylic acids is 1. The summed E-state index contributed by atoms with van der Waals surface area (Å²) in [5, 5.41) is 10.4. The van der Waals surface area contributed by atoms with Crippen LogP contribution in [0.25, 0.3) is 0 Å². The number of benzene rings is 2. The SMILES string of the molecule is CCOc1cccc(N(O)C(=O)OC)c1COc1ccc(CC)cc1C(F)F. The van der Waals surface area contributed by atoms with E-state index in [1.54, 1.807) is 25.1 Å². The first-order valence-electron chi connectivity index (χ1n) is 8.78. The predicted molar refractivity (Wildman–Crippen MR) is 99.4 cm³/mol. The molecule has 0 heterocycles. The molecule has 0 aliphatic rings. The van der Waals surface area contributed by atoms with Crippen molar-refractivity contribution in [1.82, 2.24) is 0 Å². The van der Waals surface area contributed by atoms with Gasteiger partial charge in [-0.3, -0.25) is 5.21 Å². The van der Waals surface area contributed by atoms with Crippen molar-refractivity contribution in [3.63, 3.8) is 0 Å². The molecule has 1 amide bonds. The standard InChI is InChI=1S/C20H23F2NO5/c1-4-13-9-10-18(14(11-13)19(21)22)28-12-15-16(23(25)20(24)26-3)7-6-8-17(15)27-5-2/h6-11,19,25H,4-5,12H2,1-3H3. The zero-order chi connectivity index (χ0) is 20.7. The number of hydrogen-bond acceptors (Lipinski definition) is 5. The molecule has 6 nitrogen and oxygen atoms in total. The van der Waals surface area contributed by atoms with Gasteiger partial charge in [-0.15, -0.1) is 0 Å². The second-order valence-electron chi connectivity index (χ2n) is 5.78. The minimum Gasteiger partial charge on any atom is -0.493 e. The number of methoxy groups -OCH3 is 1. The van der Waals surface area contributed by atoms with Crippen LogP contribution in [0.5, 0.6) is 11.5 Å². The largest absolute Gasteiger partial charge is 0.493 e. The van der Waals surface area contributed by atoms with Gasteiger partial charge in [0.1, 0.15) is 18.1 Å². The third-order valence-corrected chi connectivity index (χ3v) is 4.07. The highest BCUT2D eigenvalue weighted by molar-refractivity contribution is 5.86. The molecule has 1 N–H and O–H groups in total. The molecular weight excluding hydrogens is 372 g/mol. The smallest absolute Gasteiger partial charge is 0.438 e. The molecule has 2 rings (SSSR count). The lowest BCUT2D eigenvalue weighted by Crippen LogP contribution is -2.28. The number of rotatable bonds is 8. The fourth-order valence-corrected chi connectivity index (χ4v) is 2.64. The van der Waals surface area contributed by atoms with E-state index in [-0.39, 0.29) is 23.6 Å². The van der Waals surface area contributed by atoms with Gasteiger partial charge in [0.05, 0.1) is 30.5 Å². The van der Waals surface area contributed by atoms with Crippen molar-refractivity contribution in [1.29, 1.82) is 0 Å². The second kappa shape index (κ2) is 9.89. The average molecular weight is 395 g/mol. The average Bonchev–Trinajstić information content (AvgIpc) is 2.71. The third kappa shape index (κ3) is 4.89. The van der Waals surface area contributed by atoms with Crippen LogP contribution in [0.3, 0.4) is 0 Å². The van der Waals surface area contributed by atoms with E-state index in [4.69, 9.17) is 9.47 Å². The van der Waals surface area contributed by atoms with E-state index in [0.29, 0.717) is 29.4 Å². The molecular formula is C20H23F2NO5. The number of alkyl halides is 2. The molecule has 28 heavy (non-hydrogen) atoms. The molecule has 0 aliphatic heterocycles. The van der Waals surface area contributed by atoms with E-state index in [9.17, 15) is 18.8 Å². The Labute approximate surface area is 162 Å². The molecule has 0 atom stereocenters. The van der Waals surface area contributed by atoms with Gasteiger partial charge in [-0.05, 0) is 43.2 Å². The normalized spacial score (nSPS) is 10.7. The molecule has 0 radical (unpaired) electrons. The minimum absolute atomic E-state index is 0.0204. The van der Waals surface area contributed by atoms with Crippen molar-refractivity contribution in [3.05, 3.63) is 53.1 Å². The van der Waals surface area contributed by atoms with Crippen molar-refractivity contribution in [3.8, 4) is 11.5 Å². The number of carbonyl (C=O) groups is 1. The van der Waals surface area contributed by atoms with Gasteiger partial charge in [0.2, 0.25) is 0 Å². The first kappa shape index (κ1) is 21.4. The maximum Gasteiger partial charge on any atom is 0.438 e. The molecule has 0 unspecified atom stereocenters. The Hall–Kier alpha value is -2.87. The maximum absolute atomic E-state index is 13.4. The van der Waals surface area contributed by atoms with Gasteiger partial charge in [-0.2, -0.15) is 5.06 Å². The highest BCUT2D eigenvalue weighted by atomic mass is 19.3. The van der Waals surface area contributed by atoms with E-state index < -0.39 is 12.5 Å². The van der Waals surface area contributed by atoms with Crippen LogP contribution in [0, 0.1) is 0 Å². The Balaban J connectivity index is 2.39. The van der Waals surface area contributed by atoms with E-state index in [1.807, 2.05) is 6.92 Å². The molecule has 0 bridgehead atoms. The van der Waals surface area contributed by atoms with Gasteiger partial charge < -0.3 is 14.2 Å². The van der Waals surface area contributed by atoms with Crippen LogP contribution in [-0.2, 0) is 17.8 Å². The van der Waals surface area contributed by atoms with E-state index in [0.717, 1.165) is 12.7 Å². The lowest BCUT2D eigenvalue weighted by Gasteiger charge is -2.21. The van der Waals surface area contributed by atoms with Crippen LogP contribution >= 0.6 is 0 Å². The predicted octanol–water partition coefficient (Wildman–Crippen LogP) is 5.13. The molecule has 0 aliphatic carbocycles. The first-order chi connectivity index (χ1) is 13.4. The Morgan fingerprint density at radius 1 is 1.14 bits per heavy atom. The van der Waals surface area contributed by atoms with Crippen LogP contribution in [0.2, 0.25) is 0 Å². The topological polar surface area (TPSA) is 68.2 Å². The summed E-state index contributed by atoms with van der Waals surface area (Å²) in [7, 11) is 1.12. The molecule has 0 saturated carbocycles.